The van der Waals surface area contributed by atoms with Crippen LogP contribution in [0.15, 0.2) is 60.8 Å². The number of aliphatic hydroxyl groups is 1. The van der Waals surface area contributed by atoms with Crippen LogP contribution in [0.5, 0.6) is 0 Å². The van der Waals surface area contributed by atoms with Gasteiger partial charge in [0, 0.05) is 11.8 Å². The van der Waals surface area contributed by atoms with Gasteiger partial charge in [0.25, 0.3) is 0 Å². The summed E-state index contributed by atoms with van der Waals surface area (Å²) in [5.74, 6) is 0. The highest BCUT2D eigenvalue weighted by Crippen LogP contribution is 2.20. The second kappa shape index (κ2) is 5.24. The maximum atomic E-state index is 9.06. The predicted octanol–water partition coefficient (Wildman–Crippen LogP) is 2.51. The quantitative estimate of drug-likeness (QED) is 0.846. The van der Waals surface area contributed by atoms with Gasteiger partial charge in [-0.3, -0.25) is 4.98 Å². The average molecular weight is 211 g/mol. The van der Waals surface area contributed by atoms with Gasteiger partial charge in [0.05, 0.1) is 12.3 Å². The van der Waals surface area contributed by atoms with Crippen LogP contribution in [0.3, 0.4) is 0 Å². The van der Waals surface area contributed by atoms with Crippen molar-refractivity contribution in [3.8, 4) is 0 Å². The number of hydrogen-bond acceptors (Lipinski definition) is 2. The van der Waals surface area contributed by atoms with E-state index < -0.39 is 0 Å². The fourth-order valence-corrected chi connectivity index (χ4v) is 1.60. The molecule has 0 spiro atoms. The summed E-state index contributed by atoms with van der Waals surface area (Å²) in [5, 5.41) is 9.06. The van der Waals surface area contributed by atoms with E-state index in [-0.39, 0.29) is 6.61 Å². The van der Waals surface area contributed by atoms with Crippen LogP contribution in [0, 0.1) is 0 Å². The molecule has 1 aromatic heterocycles. The molecule has 0 aliphatic carbocycles. The fraction of sp³-hybridized carbons (Fsp3) is 0.0714. The number of pyridine rings is 1. The molecule has 0 aliphatic rings. The summed E-state index contributed by atoms with van der Waals surface area (Å²) in [7, 11) is 0. The van der Waals surface area contributed by atoms with Crippen molar-refractivity contribution < 1.29 is 5.11 Å². The zero-order valence-corrected chi connectivity index (χ0v) is 8.88. The third-order valence-electron chi connectivity index (χ3n) is 2.32. The molecule has 2 nitrogen and oxygen atoms in total. The van der Waals surface area contributed by atoms with Crippen molar-refractivity contribution in [3.05, 3.63) is 72.1 Å². The molecule has 2 heteroatoms. The Morgan fingerprint density at radius 2 is 1.81 bits per heavy atom. The smallest absolute Gasteiger partial charge is 0.0705 e. The monoisotopic (exact) mass is 211 g/mol. The van der Waals surface area contributed by atoms with Crippen molar-refractivity contribution in [2.75, 3.05) is 6.61 Å². The number of aliphatic hydroxyl groups excluding tert-OH is 1. The molecule has 0 fully saturated rings. The van der Waals surface area contributed by atoms with Crippen molar-refractivity contribution in [3.63, 3.8) is 0 Å². The van der Waals surface area contributed by atoms with E-state index in [1.807, 2.05) is 48.5 Å². The Hall–Kier alpha value is -1.93. The first kappa shape index (κ1) is 10.6. The zero-order chi connectivity index (χ0) is 11.2. The lowest BCUT2D eigenvalue weighted by atomic mass is 10.0. The molecule has 0 bridgehead atoms. The molecular formula is C14H13NO. The van der Waals surface area contributed by atoms with Crippen LogP contribution in [0.25, 0.3) is 5.57 Å². The van der Waals surface area contributed by atoms with Gasteiger partial charge in [0.15, 0.2) is 0 Å². The SMILES string of the molecule is OCC=C(c1ccccc1)c1ccccn1. The first-order valence-corrected chi connectivity index (χ1v) is 5.19. The highest BCUT2D eigenvalue weighted by Gasteiger charge is 2.04. The normalized spacial score (nSPS) is 11.4. The Morgan fingerprint density at radius 1 is 1.06 bits per heavy atom. The second-order valence-corrected chi connectivity index (χ2v) is 3.38. The summed E-state index contributed by atoms with van der Waals surface area (Å²) in [6.45, 7) is 0.0147. The Balaban J connectivity index is 2.44. The minimum Gasteiger partial charge on any atom is -0.392 e. The number of rotatable bonds is 3. The van der Waals surface area contributed by atoms with Crippen molar-refractivity contribution in [2.45, 2.75) is 0 Å². The Bertz CT molecular complexity index is 421. The molecule has 0 amide bonds. The number of hydrogen-bond donors (Lipinski definition) is 1. The van der Waals surface area contributed by atoms with Gasteiger partial charge in [-0.15, -0.1) is 0 Å². The van der Waals surface area contributed by atoms with E-state index in [4.69, 9.17) is 5.11 Å². The third kappa shape index (κ3) is 2.35. The molecular weight excluding hydrogens is 198 g/mol. The predicted molar refractivity (Wildman–Crippen MR) is 64.8 cm³/mol. The number of nitrogens with zero attached hydrogens (tertiary/aromatic N) is 1. The van der Waals surface area contributed by atoms with Crippen molar-refractivity contribution in [2.24, 2.45) is 0 Å². The summed E-state index contributed by atoms with van der Waals surface area (Å²) in [4.78, 5) is 4.29. The van der Waals surface area contributed by atoms with Crippen LogP contribution in [0.2, 0.25) is 0 Å². The van der Waals surface area contributed by atoms with Crippen molar-refractivity contribution in [1.29, 1.82) is 0 Å². The lowest BCUT2D eigenvalue weighted by Crippen LogP contribution is -1.92. The molecule has 16 heavy (non-hydrogen) atoms. The van der Waals surface area contributed by atoms with Crippen molar-refractivity contribution in [1.82, 2.24) is 4.98 Å². The zero-order valence-electron chi connectivity index (χ0n) is 8.88. The minimum atomic E-state index is 0.0147. The molecule has 0 atom stereocenters. The molecule has 0 aliphatic heterocycles. The second-order valence-electron chi connectivity index (χ2n) is 3.38. The number of aromatic nitrogens is 1. The molecule has 1 heterocycles. The maximum Gasteiger partial charge on any atom is 0.0705 e. The molecule has 2 aromatic rings. The van der Waals surface area contributed by atoms with E-state index in [1.165, 1.54) is 0 Å². The van der Waals surface area contributed by atoms with Gasteiger partial charge in [-0.2, -0.15) is 0 Å². The van der Waals surface area contributed by atoms with Gasteiger partial charge < -0.3 is 5.11 Å². The van der Waals surface area contributed by atoms with Crippen LogP contribution >= 0.6 is 0 Å². The first-order valence-electron chi connectivity index (χ1n) is 5.19. The van der Waals surface area contributed by atoms with E-state index in [0.717, 1.165) is 16.8 Å². The van der Waals surface area contributed by atoms with Crippen LogP contribution in [-0.4, -0.2) is 16.7 Å². The summed E-state index contributed by atoms with van der Waals surface area (Å²) < 4.78 is 0. The summed E-state index contributed by atoms with van der Waals surface area (Å²) in [6, 6.07) is 15.7. The molecule has 1 N–H and O–H groups in total. The summed E-state index contributed by atoms with van der Waals surface area (Å²) in [6.07, 6.45) is 3.53. The largest absolute Gasteiger partial charge is 0.392 e. The molecule has 80 valence electrons. The van der Waals surface area contributed by atoms with Gasteiger partial charge in [-0.25, -0.2) is 0 Å². The van der Waals surface area contributed by atoms with Gasteiger partial charge in [-0.05, 0) is 23.8 Å². The van der Waals surface area contributed by atoms with Crippen LogP contribution < -0.4 is 0 Å². The average Bonchev–Trinajstić information content (AvgIpc) is 2.38. The highest BCUT2D eigenvalue weighted by atomic mass is 16.2. The third-order valence-corrected chi connectivity index (χ3v) is 2.32. The fourth-order valence-electron chi connectivity index (χ4n) is 1.60. The van der Waals surface area contributed by atoms with E-state index in [9.17, 15) is 0 Å². The van der Waals surface area contributed by atoms with E-state index in [2.05, 4.69) is 4.98 Å². The molecule has 1 aromatic carbocycles. The minimum absolute atomic E-state index is 0.0147. The van der Waals surface area contributed by atoms with Gasteiger partial charge in [0.2, 0.25) is 0 Å². The molecule has 0 radical (unpaired) electrons. The van der Waals surface area contributed by atoms with Gasteiger partial charge >= 0.3 is 0 Å². The molecule has 2 rings (SSSR count). The van der Waals surface area contributed by atoms with Crippen LogP contribution in [0.4, 0.5) is 0 Å². The summed E-state index contributed by atoms with van der Waals surface area (Å²) in [5.41, 5.74) is 2.90. The molecule has 0 saturated carbocycles. The van der Waals surface area contributed by atoms with Crippen LogP contribution in [0.1, 0.15) is 11.3 Å². The van der Waals surface area contributed by atoms with E-state index >= 15 is 0 Å². The Labute approximate surface area is 94.9 Å². The van der Waals surface area contributed by atoms with E-state index in [1.54, 1.807) is 12.3 Å². The maximum absolute atomic E-state index is 9.06. The Morgan fingerprint density at radius 3 is 2.44 bits per heavy atom. The molecule has 0 saturated heterocycles. The van der Waals surface area contributed by atoms with Crippen molar-refractivity contribution >= 4 is 5.57 Å². The van der Waals surface area contributed by atoms with Gasteiger partial charge in [-0.1, -0.05) is 36.4 Å². The number of benzene rings is 1. The summed E-state index contributed by atoms with van der Waals surface area (Å²) >= 11 is 0. The van der Waals surface area contributed by atoms with E-state index in [0.29, 0.717) is 0 Å². The highest BCUT2D eigenvalue weighted by molar-refractivity contribution is 5.77. The lowest BCUT2D eigenvalue weighted by molar-refractivity contribution is 0.343. The van der Waals surface area contributed by atoms with Gasteiger partial charge in [0.1, 0.15) is 0 Å². The topological polar surface area (TPSA) is 33.1 Å². The molecule has 0 unspecified atom stereocenters. The standard InChI is InChI=1S/C14H13NO/c16-11-9-13(12-6-2-1-3-7-12)14-8-4-5-10-15-14/h1-10,16H,11H2. The first-order chi connectivity index (χ1) is 7.92. The lowest BCUT2D eigenvalue weighted by Gasteiger charge is -2.06. The Kier molecular flexibility index (Phi) is 3.46. The van der Waals surface area contributed by atoms with Crippen LogP contribution in [-0.2, 0) is 0 Å².